The van der Waals surface area contributed by atoms with Crippen molar-refractivity contribution < 1.29 is 13.9 Å². The summed E-state index contributed by atoms with van der Waals surface area (Å²) in [6.07, 6.45) is 0. The van der Waals surface area contributed by atoms with E-state index in [2.05, 4.69) is 31.1 Å². The second-order valence-electron chi connectivity index (χ2n) is 10.1. The van der Waals surface area contributed by atoms with Gasteiger partial charge in [0.1, 0.15) is 11.3 Å². The summed E-state index contributed by atoms with van der Waals surface area (Å²) in [7, 11) is 0. The van der Waals surface area contributed by atoms with Gasteiger partial charge < -0.3 is 14.5 Å². The Hall–Kier alpha value is -3.02. The average molecular weight is 511 g/mol. The molecule has 35 heavy (non-hydrogen) atoms. The van der Waals surface area contributed by atoms with Crippen LogP contribution < -0.4 is 10.1 Å². The molecule has 0 aliphatic carbocycles. The Bertz CT molecular complexity index is 1400. The van der Waals surface area contributed by atoms with Gasteiger partial charge in [-0.1, -0.05) is 62.2 Å². The number of nitrogens with one attached hydrogen (secondary N) is 1. The standard InChI is InChI=1S/C28H28Cl2N2O3/c1-16-7-8-17(25-31-23-15-19(29)14-21(30)24(23)34-25)13-22(16)32-26(33)28(5,6)35-20-11-9-18(10-12-20)27(2,3)4/h7-15H,1-6H3,(H,32,33). The van der Waals surface area contributed by atoms with Gasteiger partial charge in [-0.3, -0.25) is 4.79 Å². The number of hydrogen-bond acceptors (Lipinski definition) is 4. The molecule has 0 saturated heterocycles. The van der Waals surface area contributed by atoms with Gasteiger partial charge in [0.2, 0.25) is 5.89 Å². The molecule has 0 aliphatic rings. The first kappa shape index (κ1) is 25.1. The van der Waals surface area contributed by atoms with Gasteiger partial charge in [0.15, 0.2) is 11.2 Å². The van der Waals surface area contributed by atoms with Gasteiger partial charge in [0.25, 0.3) is 5.91 Å². The third-order valence-corrected chi connectivity index (χ3v) is 6.28. The van der Waals surface area contributed by atoms with Crippen molar-refractivity contribution in [2.75, 3.05) is 5.32 Å². The molecule has 1 amide bonds. The summed E-state index contributed by atoms with van der Waals surface area (Å²) in [6.45, 7) is 11.9. The minimum atomic E-state index is -1.10. The van der Waals surface area contributed by atoms with Crippen molar-refractivity contribution in [1.29, 1.82) is 0 Å². The second-order valence-corrected chi connectivity index (χ2v) is 11.0. The molecule has 0 radical (unpaired) electrons. The Kier molecular flexibility index (Phi) is 6.60. The summed E-state index contributed by atoms with van der Waals surface area (Å²) < 4.78 is 11.9. The molecule has 3 aromatic carbocycles. The summed E-state index contributed by atoms with van der Waals surface area (Å²) in [5, 5.41) is 3.86. The van der Waals surface area contributed by atoms with E-state index in [1.165, 1.54) is 5.56 Å². The van der Waals surface area contributed by atoms with Gasteiger partial charge in [-0.15, -0.1) is 0 Å². The number of oxazole rings is 1. The minimum absolute atomic E-state index is 0.0419. The monoisotopic (exact) mass is 510 g/mol. The lowest BCUT2D eigenvalue weighted by Gasteiger charge is -2.26. The van der Waals surface area contributed by atoms with Crippen molar-refractivity contribution in [2.24, 2.45) is 0 Å². The number of nitrogens with zero attached hydrogens (tertiary/aromatic N) is 1. The average Bonchev–Trinajstić information content (AvgIpc) is 3.19. The van der Waals surface area contributed by atoms with E-state index in [0.29, 0.717) is 44.0 Å². The third kappa shape index (κ3) is 5.47. The molecule has 1 N–H and O–H groups in total. The van der Waals surface area contributed by atoms with E-state index in [1.807, 2.05) is 49.4 Å². The largest absolute Gasteiger partial charge is 0.478 e. The number of halogens is 2. The summed E-state index contributed by atoms with van der Waals surface area (Å²) >= 11 is 12.3. The first-order chi connectivity index (χ1) is 16.3. The molecule has 0 aliphatic heterocycles. The topological polar surface area (TPSA) is 64.4 Å². The predicted molar refractivity (Wildman–Crippen MR) is 143 cm³/mol. The molecule has 4 rings (SSSR count). The number of ether oxygens (including phenoxy) is 1. The van der Waals surface area contributed by atoms with Crippen LogP contribution in [-0.2, 0) is 10.2 Å². The van der Waals surface area contributed by atoms with E-state index in [1.54, 1.807) is 26.0 Å². The molecule has 0 saturated carbocycles. The molecule has 1 heterocycles. The van der Waals surface area contributed by atoms with E-state index in [9.17, 15) is 4.79 Å². The third-order valence-electron chi connectivity index (χ3n) is 5.78. The van der Waals surface area contributed by atoms with Crippen molar-refractivity contribution in [1.82, 2.24) is 4.98 Å². The number of aryl methyl sites for hydroxylation is 1. The smallest absolute Gasteiger partial charge is 0.267 e. The fourth-order valence-corrected chi connectivity index (χ4v) is 4.13. The first-order valence-corrected chi connectivity index (χ1v) is 12.1. The quantitative estimate of drug-likeness (QED) is 0.293. The maximum absolute atomic E-state index is 13.2. The van der Waals surface area contributed by atoms with Crippen LogP contribution in [0.5, 0.6) is 5.75 Å². The second kappa shape index (κ2) is 9.21. The highest BCUT2D eigenvalue weighted by Gasteiger charge is 2.31. The Morgan fingerprint density at radius 3 is 2.31 bits per heavy atom. The molecule has 5 nitrogen and oxygen atoms in total. The predicted octanol–water partition coefficient (Wildman–Crippen LogP) is 8.20. The van der Waals surface area contributed by atoms with Crippen molar-refractivity contribution in [2.45, 2.75) is 52.6 Å². The van der Waals surface area contributed by atoms with Crippen molar-refractivity contribution in [3.63, 3.8) is 0 Å². The van der Waals surface area contributed by atoms with Crippen LogP contribution in [0.2, 0.25) is 10.0 Å². The molecule has 0 unspecified atom stereocenters. The maximum atomic E-state index is 13.2. The number of carbonyl (C=O) groups excluding carboxylic acids is 1. The van der Waals surface area contributed by atoms with E-state index < -0.39 is 5.60 Å². The lowest BCUT2D eigenvalue weighted by Crippen LogP contribution is -2.42. The zero-order valence-corrected chi connectivity index (χ0v) is 22.1. The highest BCUT2D eigenvalue weighted by Crippen LogP contribution is 2.33. The van der Waals surface area contributed by atoms with Gasteiger partial charge in [-0.25, -0.2) is 4.98 Å². The number of fused-ring (bicyclic) bond motifs is 1. The van der Waals surface area contributed by atoms with E-state index in [0.717, 1.165) is 5.56 Å². The molecule has 0 spiro atoms. The fourth-order valence-electron chi connectivity index (χ4n) is 3.61. The number of anilines is 1. The summed E-state index contributed by atoms with van der Waals surface area (Å²) in [6, 6.07) is 16.7. The van der Waals surface area contributed by atoms with Crippen LogP contribution in [0.4, 0.5) is 5.69 Å². The highest BCUT2D eigenvalue weighted by atomic mass is 35.5. The Labute approximate surface area is 215 Å². The number of amides is 1. The van der Waals surface area contributed by atoms with E-state index >= 15 is 0 Å². The van der Waals surface area contributed by atoms with Crippen LogP contribution in [-0.4, -0.2) is 16.5 Å². The van der Waals surface area contributed by atoms with Gasteiger partial charge in [0, 0.05) is 16.3 Å². The maximum Gasteiger partial charge on any atom is 0.267 e. The Balaban J connectivity index is 1.55. The van der Waals surface area contributed by atoms with Gasteiger partial charge in [-0.05, 0) is 73.7 Å². The lowest BCUT2D eigenvalue weighted by atomic mass is 9.87. The molecule has 0 bridgehead atoms. The Morgan fingerprint density at radius 2 is 1.66 bits per heavy atom. The molecule has 0 fully saturated rings. The zero-order chi connectivity index (χ0) is 25.5. The molecule has 182 valence electrons. The van der Waals surface area contributed by atoms with Gasteiger partial charge in [0.05, 0.1) is 5.02 Å². The number of aromatic nitrogens is 1. The molecule has 4 aromatic rings. The summed E-state index contributed by atoms with van der Waals surface area (Å²) in [5.74, 6) is 0.741. The molecule has 1 aromatic heterocycles. The van der Waals surface area contributed by atoms with E-state index in [4.69, 9.17) is 32.4 Å². The number of rotatable bonds is 5. The molecule has 7 heteroatoms. The molecular formula is C28H28Cl2N2O3. The van der Waals surface area contributed by atoms with Gasteiger partial charge in [-0.2, -0.15) is 0 Å². The van der Waals surface area contributed by atoms with Gasteiger partial charge >= 0.3 is 0 Å². The van der Waals surface area contributed by atoms with Crippen LogP contribution in [0.25, 0.3) is 22.6 Å². The van der Waals surface area contributed by atoms with Crippen LogP contribution in [0.15, 0.2) is 59.0 Å². The molecular weight excluding hydrogens is 483 g/mol. The minimum Gasteiger partial charge on any atom is -0.478 e. The number of carbonyl (C=O) groups is 1. The summed E-state index contributed by atoms with van der Waals surface area (Å²) in [5.41, 5.74) is 3.39. The number of hydrogen-bond donors (Lipinski definition) is 1. The highest BCUT2D eigenvalue weighted by molar-refractivity contribution is 6.38. The zero-order valence-electron chi connectivity index (χ0n) is 20.6. The Morgan fingerprint density at radius 1 is 0.971 bits per heavy atom. The van der Waals surface area contributed by atoms with Crippen molar-refractivity contribution in [3.05, 3.63) is 75.8 Å². The van der Waals surface area contributed by atoms with Crippen LogP contribution in [0.3, 0.4) is 0 Å². The SMILES string of the molecule is Cc1ccc(-c2nc3cc(Cl)cc(Cl)c3o2)cc1NC(=O)C(C)(C)Oc1ccc(C(C)(C)C)cc1. The summed E-state index contributed by atoms with van der Waals surface area (Å²) in [4.78, 5) is 17.7. The normalized spacial score (nSPS) is 12.1. The molecule has 0 atom stereocenters. The lowest BCUT2D eigenvalue weighted by molar-refractivity contribution is -0.128. The number of benzene rings is 3. The van der Waals surface area contributed by atoms with Crippen LogP contribution in [0.1, 0.15) is 45.7 Å². The van der Waals surface area contributed by atoms with Crippen molar-refractivity contribution >= 4 is 45.9 Å². The first-order valence-electron chi connectivity index (χ1n) is 11.3. The van der Waals surface area contributed by atoms with E-state index in [-0.39, 0.29) is 11.3 Å². The van der Waals surface area contributed by atoms with Crippen LogP contribution >= 0.6 is 23.2 Å². The fraction of sp³-hybridized carbons (Fsp3) is 0.286. The van der Waals surface area contributed by atoms with Crippen LogP contribution in [0, 0.1) is 6.92 Å². The van der Waals surface area contributed by atoms with Crippen molar-refractivity contribution in [3.8, 4) is 17.2 Å².